The molecule has 0 aromatic heterocycles. The van der Waals surface area contributed by atoms with Crippen molar-refractivity contribution in [3.8, 4) is 0 Å². The number of aryl methyl sites for hydroxylation is 1. The number of nitrogens with zero attached hydrogens (tertiary/aromatic N) is 3. The third-order valence-electron chi connectivity index (χ3n) is 4.21. The molecule has 26 heavy (non-hydrogen) atoms. The Morgan fingerprint density at radius 3 is 2.42 bits per heavy atom. The molecule has 0 saturated carbocycles. The Labute approximate surface area is 153 Å². The minimum atomic E-state index is -0.117. The van der Waals surface area contributed by atoms with Crippen LogP contribution in [0.5, 0.6) is 0 Å². The van der Waals surface area contributed by atoms with E-state index in [-0.39, 0.29) is 11.9 Å². The van der Waals surface area contributed by atoms with E-state index in [4.69, 9.17) is 0 Å². The maximum absolute atomic E-state index is 12.0. The van der Waals surface area contributed by atoms with Gasteiger partial charge in [0.05, 0.1) is 18.7 Å². The highest BCUT2D eigenvalue weighted by molar-refractivity contribution is 6.00. The summed E-state index contributed by atoms with van der Waals surface area (Å²) in [4.78, 5) is 14.1. The summed E-state index contributed by atoms with van der Waals surface area (Å²) in [6, 6.07) is 16.0. The number of hydrogen-bond acceptors (Lipinski definition) is 4. The molecule has 2 aromatic rings. The molecule has 6 heteroatoms. The second-order valence-corrected chi connectivity index (χ2v) is 6.54. The summed E-state index contributed by atoms with van der Waals surface area (Å²) in [5, 5.41) is 14.1. The van der Waals surface area contributed by atoms with E-state index in [1.807, 2.05) is 74.4 Å². The predicted molar refractivity (Wildman–Crippen MR) is 106 cm³/mol. The zero-order chi connectivity index (χ0) is 18.5. The van der Waals surface area contributed by atoms with Gasteiger partial charge in [0, 0.05) is 19.8 Å². The van der Waals surface area contributed by atoms with Gasteiger partial charge in [-0.05, 0) is 30.2 Å². The zero-order valence-corrected chi connectivity index (χ0v) is 15.2. The van der Waals surface area contributed by atoms with E-state index < -0.39 is 0 Å². The maximum atomic E-state index is 12.0. The summed E-state index contributed by atoms with van der Waals surface area (Å²) in [6.45, 7) is 2.04. The van der Waals surface area contributed by atoms with Crippen molar-refractivity contribution >= 4 is 23.8 Å². The summed E-state index contributed by atoms with van der Waals surface area (Å²) >= 11 is 0. The van der Waals surface area contributed by atoms with Gasteiger partial charge in [-0.3, -0.25) is 10.1 Å². The van der Waals surface area contributed by atoms with Gasteiger partial charge in [0.25, 0.3) is 0 Å². The van der Waals surface area contributed by atoms with Gasteiger partial charge in [-0.15, -0.1) is 5.10 Å². The van der Waals surface area contributed by atoms with E-state index >= 15 is 0 Å². The third-order valence-corrected chi connectivity index (χ3v) is 4.21. The highest BCUT2D eigenvalue weighted by atomic mass is 16.2. The minimum Gasteiger partial charge on any atom is -0.378 e. The Morgan fingerprint density at radius 2 is 1.77 bits per heavy atom. The smallest absolute Gasteiger partial charge is 0.229 e. The fraction of sp³-hybridized carbons (Fsp3) is 0.250. The lowest BCUT2D eigenvalue weighted by Crippen LogP contribution is -2.49. The normalized spacial score (nSPS) is 18.7. The number of rotatable bonds is 4. The van der Waals surface area contributed by atoms with Crippen LogP contribution in [0.1, 0.15) is 29.2 Å². The van der Waals surface area contributed by atoms with Gasteiger partial charge in [-0.1, -0.05) is 42.0 Å². The van der Waals surface area contributed by atoms with Crippen LogP contribution in [-0.4, -0.2) is 32.2 Å². The van der Waals surface area contributed by atoms with Crippen LogP contribution in [-0.2, 0) is 4.79 Å². The molecule has 1 saturated heterocycles. The summed E-state index contributed by atoms with van der Waals surface area (Å²) in [6.07, 6.45) is 2.03. The fourth-order valence-corrected chi connectivity index (χ4v) is 2.69. The molecule has 1 aliphatic rings. The highest BCUT2D eigenvalue weighted by Crippen LogP contribution is 2.22. The molecule has 0 bridgehead atoms. The number of carbonyl (C=O) groups excluding carboxylic acids is 1. The third kappa shape index (κ3) is 4.47. The van der Waals surface area contributed by atoms with E-state index in [2.05, 4.69) is 20.8 Å². The Hall–Kier alpha value is -3.15. The van der Waals surface area contributed by atoms with Crippen molar-refractivity contribution < 1.29 is 4.79 Å². The van der Waals surface area contributed by atoms with E-state index in [0.717, 1.165) is 16.8 Å². The molecule has 2 N–H and O–H groups in total. The first-order valence-corrected chi connectivity index (χ1v) is 8.52. The van der Waals surface area contributed by atoms with Crippen LogP contribution in [0.4, 0.5) is 5.69 Å². The van der Waals surface area contributed by atoms with Gasteiger partial charge in [0.15, 0.2) is 0 Å². The average molecular weight is 349 g/mol. The summed E-state index contributed by atoms with van der Waals surface area (Å²) < 4.78 is 0. The van der Waals surface area contributed by atoms with Crippen molar-refractivity contribution in [3.63, 3.8) is 0 Å². The molecular formula is C20H23N5O. The van der Waals surface area contributed by atoms with Crippen LogP contribution >= 0.6 is 0 Å². The van der Waals surface area contributed by atoms with Crippen molar-refractivity contribution in [3.05, 3.63) is 65.2 Å². The van der Waals surface area contributed by atoms with Gasteiger partial charge in [0.2, 0.25) is 11.9 Å². The molecule has 3 rings (SSSR count). The number of anilines is 1. The summed E-state index contributed by atoms with van der Waals surface area (Å²) in [5.74, 6) is 0.293. The molecule has 0 radical (unpaired) electrons. The quantitative estimate of drug-likeness (QED) is 0.658. The Kier molecular flexibility index (Phi) is 5.31. The second-order valence-electron chi connectivity index (χ2n) is 6.54. The molecule has 0 spiro atoms. The molecule has 1 heterocycles. The number of amides is 1. The molecule has 1 atom stereocenters. The first-order chi connectivity index (χ1) is 12.5. The lowest BCUT2D eigenvalue weighted by atomic mass is 10.0. The molecule has 0 aliphatic carbocycles. The molecule has 2 aromatic carbocycles. The SMILES string of the molecule is Cc1ccc(C=NN=C2NC(=O)CC(c3ccc(N(C)C)cc3)N2)cc1. The monoisotopic (exact) mass is 349 g/mol. The lowest BCUT2D eigenvalue weighted by molar-refractivity contribution is -0.120. The van der Waals surface area contributed by atoms with Crippen molar-refractivity contribution in [1.82, 2.24) is 10.6 Å². The van der Waals surface area contributed by atoms with Crippen LogP contribution in [0.15, 0.2) is 58.7 Å². The summed E-state index contributed by atoms with van der Waals surface area (Å²) in [7, 11) is 4.00. The topological polar surface area (TPSA) is 69.1 Å². The van der Waals surface area contributed by atoms with Gasteiger partial charge in [-0.25, -0.2) is 0 Å². The molecular weight excluding hydrogens is 326 g/mol. The number of hydrogen-bond donors (Lipinski definition) is 2. The fourth-order valence-electron chi connectivity index (χ4n) is 2.69. The van der Waals surface area contributed by atoms with Gasteiger partial charge < -0.3 is 10.2 Å². The van der Waals surface area contributed by atoms with Gasteiger partial charge in [-0.2, -0.15) is 5.10 Å². The van der Waals surface area contributed by atoms with Crippen LogP contribution in [0.25, 0.3) is 0 Å². The number of nitrogens with one attached hydrogen (secondary N) is 2. The molecule has 6 nitrogen and oxygen atoms in total. The van der Waals surface area contributed by atoms with E-state index in [1.165, 1.54) is 5.56 Å². The van der Waals surface area contributed by atoms with Crippen molar-refractivity contribution in [1.29, 1.82) is 0 Å². The molecule has 1 unspecified atom stereocenters. The van der Waals surface area contributed by atoms with Crippen LogP contribution in [0.2, 0.25) is 0 Å². The first kappa shape index (κ1) is 17.7. The van der Waals surface area contributed by atoms with E-state index in [9.17, 15) is 4.79 Å². The van der Waals surface area contributed by atoms with Crippen molar-refractivity contribution in [2.75, 3.05) is 19.0 Å². The largest absolute Gasteiger partial charge is 0.378 e. The van der Waals surface area contributed by atoms with E-state index in [1.54, 1.807) is 6.21 Å². The predicted octanol–water partition coefficient (Wildman–Crippen LogP) is 2.60. The molecule has 134 valence electrons. The lowest BCUT2D eigenvalue weighted by Gasteiger charge is -2.26. The average Bonchev–Trinajstić information content (AvgIpc) is 2.63. The van der Waals surface area contributed by atoms with Crippen molar-refractivity contribution in [2.45, 2.75) is 19.4 Å². The first-order valence-electron chi connectivity index (χ1n) is 8.52. The summed E-state index contributed by atoms with van der Waals surface area (Å²) in [5.41, 5.74) is 4.31. The zero-order valence-electron chi connectivity index (χ0n) is 15.2. The van der Waals surface area contributed by atoms with Crippen LogP contribution in [0, 0.1) is 6.92 Å². The Morgan fingerprint density at radius 1 is 1.08 bits per heavy atom. The standard InChI is InChI=1S/C20H23N5O/c1-14-4-6-15(7-5-14)13-21-24-20-22-18(12-19(26)23-20)16-8-10-17(11-9-16)25(2)3/h4-11,13,18H,12H2,1-3H3,(H2,22,23,24,26). The van der Waals surface area contributed by atoms with E-state index in [0.29, 0.717) is 12.4 Å². The second kappa shape index (κ2) is 7.82. The molecule has 1 aliphatic heterocycles. The van der Waals surface area contributed by atoms with Gasteiger partial charge in [0.1, 0.15) is 0 Å². The number of benzene rings is 2. The number of guanidine groups is 1. The number of carbonyl (C=O) groups is 1. The van der Waals surface area contributed by atoms with Crippen LogP contribution in [0.3, 0.4) is 0 Å². The molecule has 1 fully saturated rings. The van der Waals surface area contributed by atoms with Gasteiger partial charge >= 0.3 is 0 Å². The highest BCUT2D eigenvalue weighted by Gasteiger charge is 2.24. The van der Waals surface area contributed by atoms with Crippen molar-refractivity contribution in [2.24, 2.45) is 10.2 Å². The minimum absolute atomic E-state index is 0.0743. The Balaban J connectivity index is 1.71. The molecule has 1 amide bonds. The van der Waals surface area contributed by atoms with Crippen LogP contribution < -0.4 is 15.5 Å². The Bertz CT molecular complexity index is 822. The maximum Gasteiger partial charge on any atom is 0.229 e.